The molecule has 0 heterocycles. The molecular formula is C20H25NO5S. The van der Waals surface area contributed by atoms with Gasteiger partial charge in [0.1, 0.15) is 0 Å². The van der Waals surface area contributed by atoms with Crippen molar-refractivity contribution in [3.63, 3.8) is 0 Å². The van der Waals surface area contributed by atoms with Crippen molar-refractivity contribution in [1.29, 1.82) is 0 Å². The Labute approximate surface area is 160 Å². The van der Waals surface area contributed by atoms with Crippen molar-refractivity contribution in [2.75, 3.05) is 20.0 Å². The average Bonchev–Trinajstić information content (AvgIpc) is 2.65. The maximum atomic E-state index is 11.9. The minimum absolute atomic E-state index is 0.0334. The van der Waals surface area contributed by atoms with Crippen LogP contribution in [0.1, 0.15) is 17.5 Å². The van der Waals surface area contributed by atoms with Crippen LogP contribution in [0.2, 0.25) is 0 Å². The summed E-state index contributed by atoms with van der Waals surface area (Å²) in [7, 11) is -2.30. The molecule has 0 aliphatic carbocycles. The third-order valence-electron chi connectivity index (χ3n) is 4.08. The van der Waals surface area contributed by atoms with E-state index >= 15 is 0 Å². The molecule has 27 heavy (non-hydrogen) atoms. The molecule has 0 aromatic heterocycles. The Kier molecular flexibility index (Phi) is 7.97. The van der Waals surface area contributed by atoms with Crippen molar-refractivity contribution in [1.82, 2.24) is 4.90 Å². The van der Waals surface area contributed by atoms with Gasteiger partial charge in [0.15, 0.2) is 0 Å². The number of carbonyl (C=O) groups excluding carboxylic acids is 1. The van der Waals surface area contributed by atoms with Crippen LogP contribution < -0.4 is 0 Å². The van der Waals surface area contributed by atoms with Gasteiger partial charge in [-0.15, -0.1) is 0 Å². The summed E-state index contributed by atoms with van der Waals surface area (Å²) in [6.45, 7) is 0.975. The number of rotatable bonds is 10. The number of benzene rings is 2. The van der Waals surface area contributed by atoms with Gasteiger partial charge in [-0.3, -0.25) is 13.9 Å². The maximum Gasteiger partial charge on any atom is 0.307 e. The zero-order chi connectivity index (χ0) is 19.7. The summed E-state index contributed by atoms with van der Waals surface area (Å²) < 4.78 is 32.8. The first-order chi connectivity index (χ1) is 12.9. The highest BCUT2D eigenvalue weighted by Gasteiger charge is 2.24. The summed E-state index contributed by atoms with van der Waals surface area (Å²) in [4.78, 5) is 13.9. The van der Waals surface area contributed by atoms with Gasteiger partial charge in [-0.25, -0.2) is 0 Å². The molecule has 2 aromatic rings. The monoisotopic (exact) mass is 391 g/mol. The summed E-state index contributed by atoms with van der Waals surface area (Å²) in [6.07, 6.45) is 1.03. The summed E-state index contributed by atoms with van der Waals surface area (Å²) >= 11 is 0. The van der Waals surface area contributed by atoms with E-state index in [1.807, 2.05) is 65.6 Å². The molecule has 2 rings (SSSR count). The number of esters is 1. The third-order valence-corrected chi connectivity index (χ3v) is 4.64. The molecule has 2 aromatic carbocycles. The smallest absolute Gasteiger partial charge is 0.307 e. The first-order valence-corrected chi connectivity index (χ1v) is 10.4. The number of ether oxygens (including phenoxy) is 1. The maximum absolute atomic E-state index is 11.9. The minimum Gasteiger partial charge on any atom is -0.469 e. The van der Waals surface area contributed by atoms with E-state index in [1.165, 1.54) is 7.11 Å². The first kappa shape index (κ1) is 21.1. The first-order valence-electron chi connectivity index (χ1n) is 8.60. The summed E-state index contributed by atoms with van der Waals surface area (Å²) in [5, 5.41) is 0. The summed E-state index contributed by atoms with van der Waals surface area (Å²) in [6, 6.07) is 19.2. The zero-order valence-corrected chi connectivity index (χ0v) is 16.4. The molecule has 146 valence electrons. The van der Waals surface area contributed by atoms with Crippen LogP contribution in [-0.4, -0.2) is 45.3 Å². The fourth-order valence-corrected chi connectivity index (χ4v) is 3.13. The van der Waals surface area contributed by atoms with Crippen LogP contribution in [0.15, 0.2) is 60.7 Å². The molecule has 0 unspecified atom stereocenters. The van der Waals surface area contributed by atoms with E-state index in [4.69, 9.17) is 8.92 Å². The topological polar surface area (TPSA) is 72.9 Å². The molecule has 6 nitrogen and oxygen atoms in total. The third kappa shape index (κ3) is 7.90. The molecule has 0 saturated heterocycles. The Bertz CT molecular complexity index is 767. The van der Waals surface area contributed by atoms with Gasteiger partial charge in [-0.1, -0.05) is 60.7 Å². The van der Waals surface area contributed by atoms with E-state index < -0.39 is 22.1 Å². The second kappa shape index (κ2) is 10.2. The summed E-state index contributed by atoms with van der Waals surface area (Å²) in [5.74, 6) is -0.414. The predicted octanol–water partition coefficient (Wildman–Crippen LogP) is 2.60. The van der Waals surface area contributed by atoms with Gasteiger partial charge in [0.2, 0.25) is 0 Å². The van der Waals surface area contributed by atoms with Crippen molar-refractivity contribution in [2.45, 2.75) is 25.6 Å². The van der Waals surface area contributed by atoms with Crippen molar-refractivity contribution in [3.8, 4) is 0 Å². The quantitative estimate of drug-likeness (QED) is 0.458. The molecule has 1 atom stereocenters. The highest BCUT2D eigenvalue weighted by molar-refractivity contribution is 7.85. The van der Waals surface area contributed by atoms with E-state index in [1.54, 1.807) is 0 Å². The van der Waals surface area contributed by atoms with Crippen molar-refractivity contribution < 1.29 is 22.1 Å². The Morgan fingerprint density at radius 3 is 1.85 bits per heavy atom. The van der Waals surface area contributed by atoms with Gasteiger partial charge in [0.05, 0.1) is 26.4 Å². The molecule has 0 aliphatic heterocycles. The lowest BCUT2D eigenvalue weighted by Gasteiger charge is -2.31. The lowest BCUT2D eigenvalue weighted by Crippen LogP contribution is -2.40. The van der Waals surface area contributed by atoms with E-state index in [9.17, 15) is 13.2 Å². The molecule has 0 saturated carbocycles. The molecule has 0 N–H and O–H groups in total. The standard InChI is InChI=1S/C20H25NO5S/c1-25-20(22)13-19(16-26-27(2,23)24)21(14-17-9-5-3-6-10-17)15-18-11-7-4-8-12-18/h3-12,19H,13-16H2,1-2H3/t19-/m0/s1. The second-order valence-electron chi connectivity index (χ2n) is 6.30. The lowest BCUT2D eigenvalue weighted by atomic mass is 10.1. The van der Waals surface area contributed by atoms with Crippen LogP contribution in [0, 0.1) is 0 Å². The number of methoxy groups -OCH3 is 1. The van der Waals surface area contributed by atoms with E-state index in [0.717, 1.165) is 17.4 Å². The molecule has 0 aliphatic rings. The molecule has 0 bridgehead atoms. The Hall–Kier alpha value is -2.22. The van der Waals surface area contributed by atoms with Crippen molar-refractivity contribution in [2.24, 2.45) is 0 Å². The average molecular weight is 391 g/mol. The number of hydrogen-bond acceptors (Lipinski definition) is 6. The number of carbonyl (C=O) groups is 1. The van der Waals surface area contributed by atoms with Crippen molar-refractivity contribution >= 4 is 16.1 Å². The Balaban J connectivity index is 2.26. The second-order valence-corrected chi connectivity index (χ2v) is 7.94. The normalized spacial score (nSPS) is 12.7. The summed E-state index contributed by atoms with van der Waals surface area (Å²) in [5.41, 5.74) is 2.12. The molecule has 0 fully saturated rings. The molecule has 7 heteroatoms. The van der Waals surface area contributed by atoms with E-state index in [-0.39, 0.29) is 13.0 Å². The lowest BCUT2D eigenvalue weighted by molar-refractivity contribution is -0.142. The number of nitrogens with zero attached hydrogens (tertiary/aromatic N) is 1. The Morgan fingerprint density at radius 2 is 1.44 bits per heavy atom. The van der Waals surface area contributed by atoms with Crippen LogP contribution in [-0.2, 0) is 36.9 Å². The van der Waals surface area contributed by atoms with Gasteiger partial charge < -0.3 is 4.74 Å². The fourth-order valence-electron chi connectivity index (χ4n) is 2.72. The minimum atomic E-state index is -3.62. The van der Waals surface area contributed by atoms with Crippen molar-refractivity contribution in [3.05, 3.63) is 71.8 Å². The number of hydrogen-bond donors (Lipinski definition) is 0. The molecule has 0 radical (unpaired) electrons. The van der Waals surface area contributed by atoms with Crippen LogP contribution in [0.4, 0.5) is 0 Å². The molecule has 0 spiro atoms. The van der Waals surface area contributed by atoms with Crippen LogP contribution in [0.5, 0.6) is 0 Å². The largest absolute Gasteiger partial charge is 0.469 e. The van der Waals surface area contributed by atoms with Gasteiger partial charge >= 0.3 is 5.97 Å². The zero-order valence-electron chi connectivity index (χ0n) is 15.6. The van der Waals surface area contributed by atoms with Gasteiger partial charge in [-0.05, 0) is 11.1 Å². The highest BCUT2D eigenvalue weighted by Crippen LogP contribution is 2.17. The van der Waals surface area contributed by atoms with Crippen LogP contribution >= 0.6 is 0 Å². The highest BCUT2D eigenvalue weighted by atomic mass is 32.2. The Morgan fingerprint density at radius 1 is 0.963 bits per heavy atom. The molecule has 0 amide bonds. The SMILES string of the molecule is COC(=O)C[C@@H](COS(C)(=O)=O)N(Cc1ccccc1)Cc1ccccc1. The van der Waals surface area contributed by atoms with Gasteiger partial charge in [0, 0.05) is 19.1 Å². The van der Waals surface area contributed by atoms with Gasteiger partial charge in [-0.2, -0.15) is 8.42 Å². The molecular weight excluding hydrogens is 366 g/mol. The van der Waals surface area contributed by atoms with Crippen LogP contribution in [0.3, 0.4) is 0 Å². The van der Waals surface area contributed by atoms with Crippen LogP contribution in [0.25, 0.3) is 0 Å². The predicted molar refractivity (Wildman–Crippen MR) is 103 cm³/mol. The van der Waals surface area contributed by atoms with E-state index in [2.05, 4.69) is 0 Å². The van der Waals surface area contributed by atoms with Gasteiger partial charge in [0.25, 0.3) is 10.1 Å². The fraction of sp³-hybridized carbons (Fsp3) is 0.350. The van der Waals surface area contributed by atoms with E-state index in [0.29, 0.717) is 13.1 Å².